The van der Waals surface area contributed by atoms with Crippen LogP contribution in [0.3, 0.4) is 0 Å². The van der Waals surface area contributed by atoms with Crippen LogP contribution in [0.25, 0.3) is 10.9 Å². The quantitative estimate of drug-likeness (QED) is 0.822. The van der Waals surface area contributed by atoms with Crippen molar-refractivity contribution in [2.45, 2.75) is 58.4 Å². The van der Waals surface area contributed by atoms with Gasteiger partial charge in [0.1, 0.15) is 0 Å². The minimum absolute atomic E-state index is 0.0433. The maximum atomic E-state index is 11.9. The molecule has 25 heavy (non-hydrogen) atoms. The van der Waals surface area contributed by atoms with Crippen LogP contribution in [0.15, 0.2) is 24.3 Å². The maximum absolute atomic E-state index is 11.9. The fraction of sp³-hybridized carbons (Fsp3) is 0.550. The van der Waals surface area contributed by atoms with Crippen LogP contribution < -0.4 is 5.32 Å². The zero-order chi connectivity index (χ0) is 17.8. The van der Waals surface area contributed by atoms with Crippen molar-refractivity contribution in [3.63, 3.8) is 0 Å². The standard InChI is InChI=1S/C20H27N3O2/c1-4-25-19(24)14-9-11-15(12-10-14)21-20-22-17-8-6-5-7-16(17)18(23-20)13(2)3/h5-8,13-15H,4,9-12H2,1-3H3,(H,21,22,23). The summed E-state index contributed by atoms with van der Waals surface area (Å²) in [5.74, 6) is 1.03. The Morgan fingerprint density at radius 2 is 1.92 bits per heavy atom. The van der Waals surface area contributed by atoms with Gasteiger partial charge in [0.05, 0.1) is 23.7 Å². The van der Waals surface area contributed by atoms with Crippen LogP contribution >= 0.6 is 0 Å². The lowest BCUT2D eigenvalue weighted by atomic mass is 9.86. The van der Waals surface area contributed by atoms with E-state index in [-0.39, 0.29) is 11.9 Å². The molecule has 1 aliphatic carbocycles. The summed E-state index contributed by atoms with van der Waals surface area (Å²) in [7, 11) is 0. The Morgan fingerprint density at radius 3 is 2.60 bits per heavy atom. The summed E-state index contributed by atoms with van der Waals surface area (Å²) in [5, 5.41) is 4.60. The number of benzene rings is 1. The van der Waals surface area contributed by atoms with Gasteiger partial charge in [0.15, 0.2) is 0 Å². The number of aromatic nitrogens is 2. The van der Waals surface area contributed by atoms with Gasteiger partial charge in [-0.25, -0.2) is 9.97 Å². The molecule has 0 saturated heterocycles. The van der Waals surface area contributed by atoms with Crippen molar-refractivity contribution in [3.05, 3.63) is 30.0 Å². The van der Waals surface area contributed by atoms with Gasteiger partial charge in [-0.3, -0.25) is 4.79 Å². The molecule has 0 bridgehead atoms. The predicted octanol–water partition coefficient (Wildman–Crippen LogP) is 4.29. The van der Waals surface area contributed by atoms with Crippen LogP contribution in [0.5, 0.6) is 0 Å². The van der Waals surface area contributed by atoms with E-state index in [9.17, 15) is 4.79 Å². The summed E-state index contributed by atoms with van der Waals surface area (Å²) in [6.07, 6.45) is 3.61. The fourth-order valence-electron chi connectivity index (χ4n) is 3.52. The molecule has 134 valence electrons. The Morgan fingerprint density at radius 1 is 1.20 bits per heavy atom. The van der Waals surface area contributed by atoms with E-state index in [0.717, 1.165) is 42.3 Å². The van der Waals surface area contributed by atoms with E-state index < -0.39 is 0 Å². The van der Waals surface area contributed by atoms with Crippen molar-refractivity contribution in [3.8, 4) is 0 Å². The van der Waals surface area contributed by atoms with Gasteiger partial charge in [0, 0.05) is 11.4 Å². The van der Waals surface area contributed by atoms with E-state index in [0.29, 0.717) is 24.5 Å². The van der Waals surface area contributed by atoms with Gasteiger partial charge in [-0.05, 0) is 44.6 Å². The number of esters is 1. The van der Waals surface area contributed by atoms with Crippen molar-refractivity contribution in [1.29, 1.82) is 0 Å². The van der Waals surface area contributed by atoms with Crippen LogP contribution in [0, 0.1) is 5.92 Å². The molecule has 0 unspecified atom stereocenters. The van der Waals surface area contributed by atoms with E-state index >= 15 is 0 Å². The molecule has 1 aromatic carbocycles. The zero-order valence-electron chi connectivity index (χ0n) is 15.3. The molecule has 3 rings (SSSR count). The van der Waals surface area contributed by atoms with E-state index in [4.69, 9.17) is 9.72 Å². The Hall–Kier alpha value is -2.17. The number of carbonyl (C=O) groups excluding carboxylic acids is 1. The normalized spacial score (nSPS) is 20.6. The molecular weight excluding hydrogens is 314 g/mol. The minimum Gasteiger partial charge on any atom is -0.466 e. The molecule has 1 heterocycles. The lowest BCUT2D eigenvalue weighted by Crippen LogP contribution is -2.31. The molecule has 2 aromatic rings. The highest BCUT2D eigenvalue weighted by Crippen LogP contribution is 2.28. The minimum atomic E-state index is -0.0509. The lowest BCUT2D eigenvalue weighted by Gasteiger charge is -2.28. The second-order valence-electron chi connectivity index (χ2n) is 7.05. The molecule has 0 spiro atoms. The molecule has 0 atom stereocenters. The summed E-state index contributed by atoms with van der Waals surface area (Å²) in [6.45, 7) is 6.63. The average molecular weight is 341 g/mol. The van der Waals surface area contributed by atoms with Crippen LogP contribution in [-0.2, 0) is 9.53 Å². The summed E-state index contributed by atoms with van der Waals surface area (Å²) in [6, 6.07) is 8.46. The highest BCUT2D eigenvalue weighted by Gasteiger charge is 2.27. The lowest BCUT2D eigenvalue weighted by molar-refractivity contribution is -0.149. The van der Waals surface area contributed by atoms with Crippen LogP contribution in [0.2, 0.25) is 0 Å². The maximum Gasteiger partial charge on any atom is 0.308 e. The number of nitrogens with one attached hydrogen (secondary N) is 1. The molecule has 5 nitrogen and oxygen atoms in total. The highest BCUT2D eigenvalue weighted by atomic mass is 16.5. The van der Waals surface area contributed by atoms with E-state index in [1.54, 1.807) is 0 Å². The third-order valence-electron chi connectivity index (χ3n) is 4.86. The largest absolute Gasteiger partial charge is 0.466 e. The topological polar surface area (TPSA) is 64.1 Å². The second-order valence-corrected chi connectivity index (χ2v) is 7.05. The first-order chi connectivity index (χ1) is 12.1. The Labute approximate surface area is 149 Å². The smallest absolute Gasteiger partial charge is 0.308 e. The number of para-hydroxylation sites is 1. The number of fused-ring (bicyclic) bond motifs is 1. The van der Waals surface area contributed by atoms with Crippen LogP contribution in [0.1, 0.15) is 58.1 Å². The van der Waals surface area contributed by atoms with E-state index in [1.165, 1.54) is 0 Å². The van der Waals surface area contributed by atoms with Crippen molar-refractivity contribution < 1.29 is 9.53 Å². The number of ether oxygens (including phenoxy) is 1. The van der Waals surface area contributed by atoms with Crippen LogP contribution in [0.4, 0.5) is 5.95 Å². The van der Waals surface area contributed by atoms with Gasteiger partial charge < -0.3 is 10.1 Å². The summed E-state index contributed by atoms with van der Waals surface area (Å²) in [5.41, 5.74) is 2.05. The molecular formula is C20H27N3O2. The van der Waals surface area contributed by atoms with Gasteiger partial charge in [0.2, 0.25) is 5.95 Å². The van der Waals surface area contributed by atoms with Crippen molar-refractivity contribution in [2.24, 2.45) is 5.92 Å². The van der Waals surface area contributed by atoms with Crippen molar-refractivity contribution in [2.75, 3.05) is 11.9 Å². The van der Waals surface area contributed by atoms with Gasteiger partial charge in [-0.15, -0.1) is 0 Å². The third kappa shape index (κ3) is 4.09. The number of nitrogens with zero attached hydrogens (tertiary/aromatic N) is 2. The summed E-state index contributed by atoms with van der Waals surface area (Å²) < 4.78 is 5.14. The average Bonchev–Trinajstić information content (AvgIpc) is 2.61. The summed E-state index contributed by atoms with van der Waals surface area (Å²) in [4.78, 5) is 21.3. The number of hydrogen-bond acceptors (Lipinski definition) is 5. The van der Waals surface area contributed by atoms with Gasteiger partial charge in [-0.2, -0.15) is 0 Å². The molecule has 1 aromatic heterocycles. The van der Waals surface area contributed by atoms with E-state index in [2.05, 4.69) is 30.2 Å². The molecule has 1 fully saturated rings. The third-order valence-corrected chi connectivity index (χ3v) is 4.86. The van der Waals surface area contributed by atoms with Crippen molar-refractivity contribution >= 4 is 22.8 Å². The van der Waals surface area contributed by atoms with E-state index in [1.807, 2.05) is 25.1 Å². The monoisotopic (exact) mass is 341 g/mol. The van der Waals surface area contributed by atoms with Gasteiger partial charge in [-0.1, -0.05) is 32.0 Å². The van der Waals surface area contributed by atoms with Gasteiger partial charge >= 0.3 is 5.97 Å². The summed E-state index contributed by atoms with van der Waals surface area (Å²) >= 11 is 0. The molecule has 0 amide bonds. The Balaban J connectivity index is 1.71. The Kier molecular flexibility index (Phi) is 5.51. The SMILES string of the molecule is CCOC(=O)C1CCC(Nc2nc(C(C)C)c3ccccc3n2)CC1. The van der Waals surface area contributed by atoms with Crippen LogP contribution in [-0.4, -0.2) is 28.6 Å². The van der Waals surface area contributed by atoms with Crippen molar-refractivity contribution in [1.82, 2.24) is 9.97 Å². The molecule has 1 N–H and O–H groups in total. The predicted molar refractivity (Wildman–Crippen MR) is 99.6 cm³/mol. The first-order valence-electron chi connectivity index (χ1n) is 9.28. The number of hydrogen-bond donors (Lipinski definition) is 1. The molecule has 0 radical (unpaired) electrons. The number of carbonyl (C=O) groups is 1. The first kappa shape index (κ1) is 17.6. The van der Waals surface area contributed by atoms with Gasteiger partial charge in [0.25, 0.3) is 0 Å². The molecule has 1 saturated carbocycles. The second kappa shape index (κ2) is 7.81. The molecule has 1 aliphatic rings. The first-order valence-corrected chi connectivity index (χ1v) is 9.28. The molecule has 5 heteroatoms. The molecule has 0 aliphatic heterocycles. The zero-order valence-corrected chi connectivity index (χ0v) is 15.3. The fourth-order valence-corrected chi connectivity index (χ4v) is 3.52. The number of anilines is 1. The highest BCUT2D eigenvalue weighted by molar-refractivity contribution is 5.82. The Bertz CT molecular complexity index is 737. The number of rotatable bonds is 5.